The van der Waals surface area contributed by atoms with E-state index in [4.69, 9.17) is 9.26 Å². The van der Waals surface area contributed by atoms with Crippen LogP contribution in [-0.2, 0) is 26.0 Å². The van der Waals surface area contributed by atoms with Crippen LogP contribution in [0.5, 0.6) is 0 Å². The quantitative estimate of drug-likeness (QED) is 0.679. The van der Waals surface area contributed by atoms with Gasteiger partial charge in [0, 0.05) is 37.5 Å². The van der Waals surface area contributed by atoms with E-state index in [9.17, 15) is 13.2 Å². The highest BCUT2D eigenvalue weighted by Crippen LogP contribution is 2.35. The van der Waals surface area contributed by atoms with Gasteiger partial charge in [0.1, 0.15) is 0 Å². The van der Waals surface area contributed by atoms with Crippen molar-refractivity contribution in [1.29, 1.82) is 0 Å². The molecule has 9 nitrogen and oxygen atoms in total. The maximum atomic E-state index is 13.4. The minimum absolute atomic E-state index is 0.0276. The van der Waals surface area contributed by atoms with Crippen molar-refractivity contribution in [1.82, 2.24) is 19.3 Å². The molecule has 30 heavy (non-hydrogen) atoms. The van der Waals surface area contributed by atoms with Crippen molar-refractivity contribution in [3.63, 3.8) is 0 Å². The van der Waals surface area contributed by atoms with Gasteiger partial charge in [0.2, 0.25) is 27.6 Å². The molecule has 2 saturated heterocycles. The van der Waals surface area contributed by atoms with Crippen LogP contribution in [0.1, 0.15) is 30.5 Å². The first kappa shape index (κ1) is 21.4. The third-order valence-electron chi connectivity index (χ3n) is 5.54. The maximum Gasteiger partial charge on any atom is 0.244 e. The van der Waals surface area contributed by atoms with Crippen LogP contribution in [0.3, 0.4) is 0 Å². The zero-order chi connectivity index (χ0) is 21.3. The molecule has 0 N–H and O–H groups in total. The molecule has 4 rings (SSSR count). The molecule has 0 radical (unpaired) electrons. The molecule has 0 aromatic carbocycles. The summed E-state index contributed by atoms with van der Waals surface area (Å²) in [5.41, 5.74) is 0. The Hall–Kier alpha value is -1.82. The van der Waals surface area contributed by atoms with Crippen molar-refractivity contribution in [2.24, 2.45) is 5.92 Å². The van der Waals surface area contributed by atoms with Crippen LogP contribution in [0.25, 0.3) is 10.7 Å². The van der Waals surface area contributed by atoms with Crippen molar-refractivity contribution in [3.8, 4) is 10.7 Å². The van der Waals surface area contributed by atoms with Gasteiger partial charge in [-0.3, -0.25) is 4.79 Å². The summed E-state index contributed by atoms with van der Waals surface area (Å²) in [5.74, 6) is 0.635. The lowest BCUT2D eigenvalue weighted by Crippen LogP contribution is -2.49. The van der Waals surface area contributed by atoms with E-state index >= 15 is 0 Å². The lowest BCUT2D eigenvalue weighted by atomic mass is 9.98. The van der Waals surface area contributed by atoms with Gasteiger partial charge in [-0.05, 0) is 25.8 Å². The summed E-state index contributed by atoms with van der Waals surface area (Å²) in [6.07, 6.45) is 1.99. The first-order valence-corrected chi connectivity index (χ1v) is 12.5. The highest BCUT2D eigenvalue weighted by atomic mass is 32.2. The number of nitrogens with zero attached hydrogens (tertiary/aromatic N) is 4. The summed E-state index contributed by atoms with van der Waals surface area (Å²) in [6.45, 7) is 6.53. The molecule has 2 aromatic heterocycles. The summed E-state index contributed by atoms with van der Waals surface area (Å²) >= 11 is 1.33. The SMILES string of the molecule is CCc1nc(-c2cc(S(=O)(=O)N3CCC[C@@H](C(=O)N4CCOCC4)C3)c(C)s2)no1. The van der Waals surface area contributed by atoms with Crippen LogP contribution in [0.4, 0.5) is 0 Å². The second-order valence-electron chi connectivity index (χ2n) is 7.54. The molecule has 0 bridgehead atoms. The Labute approximate surface area is 180 Å². The highest BCUT2D eigenvalue weighted by molar-refractivity contribution is 7.89. The van der Waals surface area contributed by atoms with Crippen LogP contribution in [0.2, 0.25) is 0 Å². The fourth-order valence-electron chi connectivity index (χ4n) is 3.87. The normalized spacial score (nSPS) is 21.1. The standard InChI is InChI=1S/C19H26N4O5S2/c1-3-17-20-18(21-28-17)15-11-16(13(2)29-15)30(25,26)23-6-4-5-14(12-23)19(24)22-7-9-27-10-8-22/h11,14H,3-10,12H2,1-2H3/t14-/m1/s1. The number of morpholine rings is 1. The smallest absolute Gasteiger partial charge is 0.244 e. The number of sulfonamides is 1. The molecule has 0 saturated carbocycles. The lowest BCUT2D eigenvalue weighted by Gasteiger charge is -2.35. The molecule has 2 aliphatic rings. The molecule has 2 aromatic rings. The van der Waals surface area contributed by atoms with Gasteiger partial charge < -0.3 is 14.2 Å². The third-order valence-corrected chi connectivity index (χ3v) is 8.70. The molecule has 11 heteroatoms. The number of hydrogen-bond donors (Lipinski definition) is 0. The first-order valence-electron chi connectivity index (χ1n) is 10.2. The van der Waals surface area contributed by atoms with Crippen LogP contribution in [0.15, 0.2) is 15.5 Å². The molecule has 164 valence electrons. The molecule has 4 heterocycles. The Balaban J connectivity index is 1.53. The van der Waals surface area contributed by atoms with Crippen molar-refractivity contribution >= 4 is 27.3 Å². The number of ether oxygens (including phenoxy) is 1. The Morgan fingerprint density at radius 1 is 1.30 bits per heavy atom. The number of amides is 1. The van der Waals surface area contributed by atoms with Gasteiger partial charge in [-0.1, -0.05) is 12.1 Å². The van der Waals surface area contributed by atoms with Gasteiger partial charge in [0.25, 0.3) is 0 Å². The second kappa shape index (κ2) is 8.74. The van der Waals surface area contributed by atoms with Crippen LogP contribution in [-0.4, -0.2) is 73.1 Å². The third kappa shape index (κ3) is 4.16. The number of aromatic nitrogens is 2. The van der Waals surface area contributed by atoms with Crippen molar-refractivity contribution in [3.05, 3.63) is 16.8 Å². The zero-order valence-electron chi connectivity index (χ0n) is 17.2. The topological polar surface area (TPSA) is 106 Å². The van der Waals surface area contributed by atoms with E-state index in [0.29, 0.717) is 73.6 Å². The predicted molar refractivity (Wildman–Crippen MR) is 111 cm³/mol. The summed E-state index contributed by atoms with van der Waals surface area (Å²) in [7, 11) is -3.71. The predicted octanol–water partition coefficient (Wildman–Crippen LogP) is 1.93. The van der Waals surface area contributed by atoms with Crippen LogP contribution in [0, 0.1) is 12.8 Å². The number of carbonyl (C=O) groups excluding carboxylic acids is 1. The fourth-order valence-corrected chi connectivity index (χ4v) is 6.88. The Morgan fingerprint density at radius 3 is 2.77 bits per heavy atom. The number of rotatable bonds is 5. The monoisotopic (exact) mass is 454 g/mol. The van der Waals surface area contributed by atoms with E-state index in [1.807, 2.05) is 6.92 Å². The molecule has 0 aliphatic carbocycles. The van der Waals surface area contributed by atoms with Gasteiger partial charge in [0.15, 0.2) is 0 Å². The van der Waals surface area contributed by atoms with Gasteiger partial charge in [-0.15, -0.1) is 11.3 Å². The van der Waals surface area contributed by atoms with Crippen molar-refractivity contribution < 1.29 is 22.5 Å². The van der Waals surface area contributed by atoms with Crippen LogP contribution >= 0.6 is 11.3 Å². The van der Waals surface area contributed by atoms with E-state index in [-0.39, 0.29) is 23.3 Å². The number of thiophene rings is 1. The molecule has 2 aliphatic heterocycles. The number of hydrogen-bond acceptors (Lipinski definition) is 8. The summed E-state index contributed by atoms with van der Waals surface area (Å²) in [6, 6.07) is 1.62. The summed E-state index contributed by atoms with van der Waals surface area (Å²) in [4.78, 5) is 20.6. The molecular weight excluding hydrogens is 428 g/mol. The Kier molecular flexibility index (Phi) is 6.24. The van der Waals surface area contributed by atoms with Crippen molar-refractivity contribution in [2.45, 2.75) is 38.0 Å². The zero-order valence-corrected chi connectivity index (χ0v) is 18.8. The lowest BCUT2D eigenvalue weighted by molar-refractivity contribution is -0.140. The average molecular weight is 455 g/mol. The largest absolute Gasteiger partial charge is 0.378 e. The summed E-state index contributed by atoms with van der Waals surface area (Å²) < 4.78 is 38.7. The second-order valence-corrected chi connectivity index (χ2v) is 10.7. The molecule has 0 spiro atoms. The Bertz CT molecular complexity index is 1010. The van der Waals surface area contributed by atoms with Crippen LogP contribution < -0.4 is 0 Å². The minimum Gasteiger partial charge on any atom is -0.378 e. The molecule has 1 atom stereocenters. The Morgan fingerprint density at radius 2 is 2.07 bits per heavy atom. The molecule has 0 unspecified atom stereocenters. The molecular formula is C19H26N4O5S2. The number of piperidine rings is 1. The fraction of sp³-hybridized carbons (Fsp3) is 0.632. The molecule has 2 fully saturated rings. The van der Waals surface area contributed by atoms with E-state index in [2.05, 4.69) is 10.1 Å². The highest BCUT2D eigenvalue weighted by Gasteiger charge is 2.36. The first-order chi connectivity index (χ1) is 14.4. The maximum absolute atomic E-state index is 13.4. The average Bonchev–Trinajstić information content (AvgIpc) is 3.40. The minimum atomic E-state index is -3.71. The number of aryl methyl sites for hydroxylation is 2. The van der Waals surface area contributed by atoms with E-state index < -0.39 is 10.0 Å². The van der Waals surface area contributed by atoms with Crippen molar-refractivity contribution in [2.75, 3.05) is 39.4 Å². The van der Waals surface area contributed by atoms with Gasteiger partial charge in [-0.25, -0.2) is 8.42 Å². The summed E-state index contributed by atoms with van der Waals surface area (Å²) in [5, 5.41) is 3.95. The van der Waals surface area contributed by atoms with E-state index in [1.165, 1.54) is 15.6 Å². The molecule has 1 amide bonds. The van der Waals surface area contributed by atoms with E-state index in [1.54, 1.807) is 17.9 Å². The number of carbonyl (C=O) groups is 1. The van der Waals surface area contributed by atoms with Gasteiger partial charge in [0.05, 0.1) is 28.9 Å². The van der Waals surface area contributed by atoms with Gasteiger partial charge in [-0.2, -0.15) is 9.29 Å². The van der Waals surface area contributed by atoms with Gasteiger partial charge >= 0.3 is 0 Å². The van der Waals surface area contributed by atoms with E-state index in [0.717, 1.165) is 0 Å².